The van der Waals surface area contributed by atoms with Crippen LogP contribution in [-0.4, -0.2) is 0 Å². The van der Waals surface area contributed by atoms with Gasteiger partial charge >= 0.3 is 0 Å². The Kier molecular flexibility index (Phi) is 4.28. The third-order valence-electron chi connectivity index (χ3n) is 2.17. The van der Waals surface area contributed by atoms with Crippen LogP contribution in [0.1, 0.15) is 0 Å². The van der Waals surface area contributed by atoms with Gasteiger partial charge in [-0.2, -0.15) is 0 Å². The van der Waals surface area contributed by atoms with Gasteiger partial charge in [0.2, 0.25) is 0 Å². The number of halogens is 4. The highest BCUT2D eigenvalue weighted by atomic mass is 35.5. The minimum absolute atomic E-state index is 0.00552. The molecule has 0 radical (unpaired) electrons. The summed E-state index contributed by atoms with van der Waals surface area (Å²) in [7, 11) is 0. The Bertz CT molecular complexity index is 604. The average molecular weight is 323 g/mol. The molecule has 6 heteroatoms. The zero-order chi connectivity index (χ0) is 13.3. The quantitative estimate of drug-likeness (QED) is 0.737. The van der Waals surface area contributed by atoms with E-state index in [1.807, 2.05) is 0 Å². The lowest BCUT2D eigenvalue weighted by Gasteiger charge is -2.08. The number of hydrogen-bond acceptors (Lipinski definition) is 2. The Morgan fingerprint density at radius 2 is 1.67 bits per heavy atom. The molecule has 0 aliphatic carbocycles. The molecule has 0 heterocycles. The van der Waals surface area contributed by atoms with Crippen LogP contribution < -0.4 is 5.73 Å². The van der Waals surface area contributed by atoms with Gasteiger partial charge in [0.15, 0.2) is 0 Å². The van der Waals surface area contributed by atoms with Crippen molar-refractivity contribution >= 4 is 52.3 Å². The second kappa shape index (κ2) is 5.57. The molecular weight excluding hydrogens is 316 g/mol. The first kappa shape index (κ1) is 13.8. The second-order valence-electron chi connectivity index (χ2n) is 3.48. The molecule has 0 aliphatic heterocycles. The molecule has 0 amide bonds. The summed E-state index contributed by atoms with van der Waals surface area (Å²) in [6.07, 6.45) is 0. The van der Waals surface area contributed by atoms with E-state index in [1.165, 1.54) is 23.9 Å². The molecular formula is C12H7Cl3FNS. The molecule has 94 valence electrons. The van der Waals surface area contributed by atoms with E-state index in [1.54, 1.807) is 18.2 Å². The summed E-state index contributed by atoms with van der Waals surface area (Å²) in [5, 5.41) is 1.07. The maximum absolute atomic E-state index is 13.4. The summed E-state index contributed by atoms with van der Waals surface area (Å²) in [5.74, 6) is -0.522. The van der Waals surface area contributed by atoms with Gasteiger partial charge in [0, 0.05) is 20.5 Å². The smallest absolute Gasteiger partial charge is 0.143 e. The number of benzene rings is 2. The van der Waals surface area contributed by atoms with Gasteiger partial charge in [0.05, 0.1) is 10.0 Å². The minimum Gasteiger partial charge on any atom is -0.398 e. The fraction of sp³-hybridized carbons (Fsp3) is 0. The first-order valence-corrected chi connectivity index (χ1v) is 6.80. The molecule has 2 rings (SSSR count). The largest absolute Gasteiger partial charge is 0.398 e. The zero-order valence-corrected chi connectivity index (χ0v) is 12.0. The number of hydrogen-bond donors (Lipinski definition) is 1. The highest BCUT2D eigenvalue weighted by Crippen LogP contribution is 2.39. The van der Waals surface area contributed by atoms with Gasteiger partial charge in [-0.25, -0.2) is 4.39 Å². The van der Waals surface area contributed by atoms with E-state index in [0.717, 1.165) is 0 Å². The molecule has 0 aliphatic rings. The number of anilines is 1. The molecule has 2 aromatic carbocycles. The molecule has 0 saturated carbocycles. The average Bonchev–Trinajstić information content (AvgIpc) is 2.30. The van der Waals surface area contributed by atoms with Crippen LogP contribution in [-0.2, 0) is 0 Å². The van der Waals surface area contributed by atoms with Crippen LogP contribution in [0.25, 0.3) is 0 Å². The van der Waals surface area contributed by atoms with Crippen molar-refractivity contribution in [1.29, 1.82) is 0 Å². The van der Waals surface area contributed by atoms with Crippen LogP contribution in [0.5, 0.6) is 0 Å². The monoisotopic (exact) mass is 321 g/mol. The Balaban J connectivity index is 2.40. The summed E-state index contributed by atoms with van der Waals surface area (Å²) in [5.41, 5.74) is 6.17. The highest BCUT2D eigenvalue weighted by Gasteiger charge is 2.10. The van der Waals surface area contributed by atoms with Gasteiger partial charge in [0.1, 0.15) is 5.82 Å². The zero-order valence-electron chi connectivity index (χ0n) is 8.88. The van der Waals surface area contributed by atoms with Crippen molar-refractivity contribution in [3.8, 4) is 0 Å². The van der Waals surface area contributed by atoms with E-state index in [0.29, 0.717) is 25.5 Å². The van der Waals surface area contributed by atoms with Crippen LogP contribution in [0.2, 0.25) is 15.1 Å². The van der Waals surface area contributed by atoms with Gasteiger partial charge in [-0.15, -0.1) is 0 Å². The van der Waals surface area contributed by atoms with Crippen molar-refractivity contribution in [2.45, 2.75) is 9.79 Å². The lowest BCUT2D eigenvalue weighted by molar-refractivity contribution is 0.625. The molecule has 2 N–H and O–H groups in total. The summed E-state index contributed by atoms with van der Waals surface area (Å²) in [6.45, 7) is 0. The van der Waals surface area contributed by atoms with Crippen LogP contribution in [0.3, 0.4) is 0 Å². The van der Waals surface area contributed by atoms with E-state index in [2.05, 4.69) is 0 Å². The van der Waals surface area contributed by atoms with Crippen LogP contribution in [0.4, 0.5) is 10.1 Å². The van der Waals surface area contributed by atoms with Crippen LogP contribution in [0.15, 0.2) is 40.1 Å². The lowest BCUT2D eigenvalue weighted by Crippen LogP contribution is -1.91. The maximum Gasteiger partial charge on any atom is 0.143 e. The second-order valence-corrected chi connectivity index (χ2v) is 5.82. The SMILES string of the molecule is Nc1cc(Cl)c(F)cc1Sc1cc(Cl)ccc1Cl. The minimum atomic E-state index is -0.522. The van der Waals surface area contributed by atoms with Crippen molar-refractivity contribution < 1.29 is 4.39 Å². The van der Waals surface area contributed by atoms with Crippen molar-refractivity contribution in [1.82, 2.24) is 0 Å². The first-order valence-electron chi connectivity index (χ1n) is 4.85. The molecule has 0 bridgehead atoms. The van der Waals surface area contributed by atoms with Crippen molar-refractivity contribution in [2.75, 3.05) is 5.73 Å². The molecule has 18 heavy (non-hydrogen) atoms. The van der Waals surface area contributed by atoms with E-state index in [9.17, 15) is 4.39 Å². The molecule has 0 unspecified atom stereocenters. The normalized spacial score (nSPS) is 10.7. The third kappa shape index (κ3) is 3.04. The van der Waals surface area contributed by atoms with Gasteiger partial charge in [-0.05, 0) is 30.3 Å². The highest BCUT2D eigenvalue weighted by molar-refractivity contribution is 7.99. The molecule has 0 atom stereocenters. The predicted molar refractivity (Wildman–Crippen MR) is 76.4 cm³/mol. The summed E-state index contributed by atoms with van der Waals surface area (Å²) in [4.78, 5) is 1.25. The standard InChI is InChI=1S/C12H7Cl3FNS/c13-6-1-2-7(14)11(3-6)18-12-5-9(16)8(15)4-10(12)17/h1-5H,17H2. The molecule has 0 aromatic heterocycles. The van der Waals surface area contributed by atoms with E-state index >= 15 is 0 Å². The van der Waals surface area contributed by atoms with Gasteiger partial charge in [-0.1, -0.05) is 46.6 Å². The summed E-state index contributed by atoms with van der Waals surface area (Å²) >= 11 is 18.8. The predicted octanol–water partition coefficient (Wildman–Crippen LogP) is 5.52. The Labute approximate surface area is 123 Å². The first-order chi connectivity index (χ1) is 8.47. The van der Waals surface area contributed by atoms with Crippen LogP contribution >= 0.6 is 46.6 Å². The van der Waals surface area contributed by atoms with E-state index < -0.39 is 5.82 Å². The van der Waals surface area contributed by atoms with Gasteiger partial charge in [-0.3, -0.25) is 0 Å². The Hall–Kier alpha value is -0.610. The molecule has 2 aromatic rings. The summed E-state index contributed by atoms with van der Waals surface area (Å²) in [6, 6.07) is 7.70. The van der Waals surface area contributed by atoms with Crippen LogP contribution in [0, 0.1) is 5.82 Å². The number of rotatable bonds is 2. The molecule has 1 nitrogen and oxygen atoms in total. The number of nitrogens with two attached hydrogens (primary N) is 1. The van der Waals surface area contributed by atoms with Gasteiger partial charge < -0.3 is 5.73 Å². The third-order valence-corrected chi connectivity index (χ3v) is 4.26. The van der Waals surface area contributed by atoms with E-state index in [4.69, 9.17) is 40.5 Å². The van der Waals surface area contributed by atoms with Gasteiger partial charge in [0.25, 0.3) is 0 Å². The van der Waals surface area contributed by atoms with Crippen molar-refractivity contribution in [3.05, 3.63) is 51.2 Å². The fourth-order valence-electron chi connectivity index (χ4n) is 1.31. The maximum atomic E-state index is 13.4. The fourth-order valence-corrected chi connectivity index (χ4v) is 2.88. The molecule has 0 fully saturated rings. The van der Waals surface area contributed by atoms with E-state index in [-0.39, 0.29) is 5.02 Å². The molecule has 0 spiro atoms. The summed E-state index contributed by atoms with van der Waals surface area (Å²) < 4.78 is 13.4. The lowest BCUT2D eigenvalue weighted by atomic mass is 10.3. The topological polar surface area (TPSA) is 26.0 Å². The Morgan fingerprint density at radius 3 is 2.39 bits per heavy atom. The Morgan fingerprint density at radius 1 is 0.944 bits per heavy atom. The van der Waals surface area contributed by atoms with Crippen molar-refractivity contribution in [3.63, 3.8) is 0 Å². The number of nitrogen functional groups attached to an aromatic ring is 1. The van der Waals surface area contributed by atoms with Crippen molar-refractivity contribution in [2.24, 2.45) is 0 Å². The molecule has 0 saturated heterocycles.